The van der Waals surface area contributed by atoms with Crippen molar-refractivity contribution in [1.82, 2.24) is 10.1 Å². The second-order valence-corrected chi connectivity index (χ2v) is 8.42. The Morgan fingerprint density at radius 2 is 1.85 bits per heavy atom. The Morgan fingerprint density at radius 1 is 1.15 bits per heavy atom. The highest BCUT2D eigenvalue weighted by atomic mass is 35.5. The van der Waals surface area contributed by atoms with E-state index in [0.717, 1.165) is 42.9 Å². The number of aromatic nitrogens is 1. The maximum atomic E-state index is 13.8. The molecular weight excluding hydrogens is 388 g/mol. The number of hydrogen-bond acceptors (Lipinski definition) is 4. The van der Waals surface area contributed by atoms with Crippen LogP contribution in [0.4, 0.5) is 4.39 Å². The van der Waals surface area contributed by atoms with E-state index in [1.54, 1.807) is 0 Å². The van der Waals surface area contributed by atoms with Crippen molar-refractivity contribution in [3.63, 3.8) is 0 Å². The molecule has 150 valence electrons. The Kier molecular flexibility index (Phi) is 7.01. The lowest BCUT2D eigenvalue weighted by Gasteiger charge is -2.33. The topological polar surface area (TPSA) is 55.3 Å². The van der Waals surface area contributed by atoms with Crippen molar-refractivity contribution < 1.29 is 8.91 Å². The maximum Gasteiger partial charge on any atom is 0.168 e. The minimum absolute atomic E-state index is 0. The number of fused-ring (bicyclic) bond motifs is 1. The van der Waals surface area contributed by atoms with Crippen LogP contribution in [0.25, 0.3) is 11.0 Å². The smallest absolute Gasteiger partial charge is 0.168 e. The van der Waals surface area contributed by atoms with Gasteiger partial charge in [-0.2, -0.15) is 0 Å². The van der Waals surface area contributed by atoms with Gasteiger partial charge < -0.3 is 15.2 Å². The number of rotatable bonds is 4. The van der Waals surface area contributed by atoms with Gasteiger partial charge in [-0.25, -0.2) is 4.39 Å². The van der Waals surface area contributed by atoms with Crippen molar-refractivity contribution in [3.05, 3.63) is 28.7 Å². The van der Waals surface area contributed by atoms with Gasteiger partial charge in [0.15, 0.2) is 5.58 Å². The van der Waals surface area contributed by atoms with Gasteiger partial charge in [0.2, 0.25) is 0 Å². The average Bonchev–Trinajstić information content (AvgIpc) is 3.05. The molecule has 0 atom stereocenters. The molecule has 1 aliphatic heterocycles. The molecule has 0 bridgehead atoms. The zero-order valence-corrected chi connectivity index (χ0v) is 17.1. The molecule has 0 unspecified atom stereocenters. The van der Waals surface area contributed by atoms with E-state index in [1.807, 2.05) is 0 Å². The van der Waals surface area contributed by atoms with Gasteiger partial charge >= 0.3 is 0 Å². The lowest BCUT2D eigenvalue weighted by Crippen LogP contribution is -2.35. The van der Waals surface area contributed by atoms with Crippen LogP contribution in [-0.4, -0.2) is 35.7 Å². The molecule has 1 aromatic carbocycles. The number of benzene rings is 1. The van der Waals surface area contributed by atoms with Crippen LogP contribution in [0.2, 0.25) is 5.02 Å². The zero-order valence-electron chi connectivity index (χ0n) is 15.5. The monoisotopic (exact) mass is 415 g/mol. The Hall–Kier alpha value is -0.880. The third-order valence-electron chi connectivity index (χ3n) is 6.26. The Balaban J connectivity index is 0.00000210. The van der Waals surface area contributed by atoms with E-state index in [4.69, 9.17) is 21.9 Å². The van der Waals surface area contributed by atoms with E-state index in [9.17, 15) is 4.39 Å². The van der Waals surface area contributed by atoms with Gasteiger partial charge in [-0.15, -0.1) is 12.4 Å². The molecule has 1 aliphatic carbocycles. The number of likely N-dealkylation sites (tertiary alicyclic amines) is 1. The third kappa shape index (κ3) is 4.76. The number of hydrogen-bond donors (Lipinski definition) is 1. The van der Waals surface area contributed by atoms with Gasteiger partial charge in [0.25, 0.3) is 0 Å². The summed E-state index contributed by atoms with van der Waals surface area (Å²) in [6, 6.07) is 3.41. The van der Waals surface area contributed by atoms with E-state index >= 15 is 0 Å². The fraction of sp³-hybridized carbons (Fsp3) is 0.650. The van der Waals surface area contributed by atoms with Gasteiger partial charge in [0.05, 0.1) is 10.7 Å². The van der Waals surface area contributed by atoms with Crippen LogP contribution in [0.3, 0.4) is 0 Å². The second-order valence-electron chi connectivity index (χ2n) is 8.02. The van der Waals surface area contributed by atoms with E-state index in [1.165, 1.54) is 50.8 Å². The van der Waals surface area contributed by atoms with E-state index in [-0.39, 0.29) is 17.4 Å². The highest BCUT2D eigenvalue weighted by molar-refractivity contribution is 6.31. The van der Waals surface area contributed by atoms with Crippen LogP contribution in [0, 0.1) is 11.7 Å². The van der Waals surface area contributed by atoms with Crippen LogP contribution in [-0.2, 0) is 0 Å². The molecule has 27 heavy (non-hydrogen) atoms. The number of halogens is 3. The van der Waals surface area contributed by atoms with Gasteiger partial charge in [-0.1, -0.05) is 16.8 Å². The summed E-state index contributed by atoms with van der Waals surface area (Å²) < 4.78 is 19.2. The molecule has 2 heterocycles. The van der Waals surface area contributed by atoms with Gasteiger partial charge in [0, 0.05) is 23.4 Å². The van der Waals surface area contributed by atoms with Gasteiger partial charge in [-0.3, -0.25) is 0 Å². The van der Waals surface area contributed by atoms with Crippen LogP contribution >= 0.6 is 24.0 Å². The summed E-state index contributed by atoms with van der Waals surface area (Å²) in [6.07, 6.45) is 8.32. The lowest BCUT2D eigenvalue weighted by atomic mass is 9.84. The summed E-state index contributed by atoms with van der Waals surface area (Å²) in [4.78, 5) is 2.56. The molecule has 4 rings (SSSR count). The minimum atomic E-state index is -0.409. The summed E-state index contributed by atoms with van der Waals surface area (Å²) in [5, 5.41) is 5.07. The van der Waals surface area contributed by atoms with Crippen molar-refractivity contribution in [2.75, 3.05) is 19.6 Å². The summed E-state index contributed by atoms with van der Waals surface area (Å²) in [6.45, 7) is 3.32. The Labute approximate surface area is 171 Å². The Bertz CT molecular complexity index is 753. The summed E-state index contributed by atoms with van der Waals surface area (Å²) in [5.74, 6) is 0.772. The molecule has 1 aromatic heterocycles. The highest BCUT2D eigenvalue weighted by Gasteiger charge is 2.26. The quantitative estimate of drug-likeness (QED) is 0.751. The molecular formula is C20H28Cl2FN3O. The van der Waals surface area contributed by atoms with Gasteiger partial charge in [0.1, 0.15) is 5.82 Å². The van der Waals surface area contributed by atoms with E-state index < -0.39 is 5.82 Å². The van der Waals surface area contributed by atoms with Gasteiger partial charge in [-0.05, 0) is 76.6 Å². The molecule has 0 spiro atoms. The Morgan fingerprint density at radius 3 is 2.56 bits per heavy atom. The fourth-order valence-corrected chi connectivity index (χ4v) is 4.67. The fourth-order valence-electron chi connectivity index (χ4n) is 4.52. The minimum Gasteiger partial charge on any atom is -0.356 e. The SMILES string of the molecule is Cl.NC1CCC(CCN2CCC(c3noc4cc(Cl)c(F)cc34)CC2)CC1. The molecule has 1 saturated heterocycles. The average molecular weight is 416 g/mol. The first-order chi connectivity index (χ1) is 12.6. The van der Waals surface area contributed by atoms with Crippen molar-refractivity contribution >= 4 is 35.0 Å². The highest BCUT2D eigenvalue weighted by Crippen LogP contribution is 2.35. The van der Waals surface area contributed by atoms with Crippen molar-refractivity contribution in [3.8, 4) is 0 Å². The number of nitrogens with zero attached hydrogens (tertiary/aromatic N) is 2. The molecule has 4 nitrogen and oxygen atoms in total. The largest absolute Gasteiger partial charge is 0.356 e. The van der Waals surface area contributed by atoms with Crippen LogP contribution in [0.15, 0.2) is 16.7 Å². The van der Waals surface area contributed by atoms with E-state index in [2.05, 4.69) is 10.1 Å². The normalized spacial score (nSPS) is 24.9. The molecule has 2 aliphatic rings. The van der Waals surface area contributed by atoms with Crippen molar-refractivity contribution in [2.45, 2.75) is 56.9 Å². The summed E-state index contributed by atoms with van der Waals surface area (Å²) in [7, 11) is 0. The molecule has 7 heteroatoms. The van der Waals surface area contributed by atoms with Crippen molar-refractivity contribution in [2.24, 2.45) is 11.7 Å². The summed E-state index contributed by atoms with van der Waals surface area (Å²) >= 11 is 5.83. The summed E-state index contributed by atoms with van der Waals surface area (Å²) in [5.41, 5.74) is 7.46. The maximum absolute atomic E-state index is 13.8. The predicted octanol–water partition coefficient (Wildman–Crippen LogP) is 5.13. The molecule has 2 aromatic rings. The van der Waals surface area contributed by atoms with Crippen molar-refractivity contribution in [1.29, 1.82) is 0 Å². The first-order valence-corrected chi connectivity index (χ1v) is 10.2. The van der Waals surface area contributed by atoms with E-state index in [0.29, 0.717) is 17.5 Å². The first kappa shape index (κ1) is 20.8. The molecule has 2 N–H and O–H groups in total. The standard InChI is InChI=1S/C20H27ClFN3O.ClH/c21-17-12-19-16(11-18(17)22)20(24-26-19)14-6-9-25(10-7-14)8-5-13-1-3-15(23)4-2-13;/h11-15H,1-10,23H2;1H. The number of piperidine rings is 1. The van der Waals surface area contributed by atoms with Crippen LogP contribution in [0.5, 0.6) is 0 Å². The second kappa shape index (κ2) is 9.08. The lowest BCUT2D eigenvalue weighted by molar-refractivity contribution is 0.184. The first-order valence-electron chi connectivity index (χ1n) is 9.82. The molecule has 0 radical (unpaired) electrons. The predicted molar refractivity (Wildman–Crippen MR) is 109 cm³/mol. The third-order valence-corrected chi connectivity index (χ3v) is 6.55. The molecule has 1 saturated carbocycles. The zero-order chi connectivity index (χ0) is 18.1. The van der Waals surface area contributed by atoms with Crippen LogP contribution < -0.4 is 5.73 Å². The molecule has 0 amide bonds. The number of nitrogens with two attached hydrogens (primary N) is 1. The molecule has 2 fully saturated rings. The van der Waals surface area contributed by atoms with Crippen LogP contribution in [0.1, 0.15) is 56.6 Å².